The van der Waals surface area contributed by atoms with Crippen LogP contribution in [-0.4, -0.2) is 15.0 Å². The van der Waals surface area contributed by atoms with Crippen molar-refractivity contribution in [3.63, 3.8) is 0 Å². The molecule has 2 aromatic heterocycles. The number of nitrogens with one attached hydrogen (secondary N) is 2. The van der Waals surface area contributed by atoms with Crippen LogP contribution in [-0.2, 0) is 0 Å². The zero-order valence-electron chi connectivity index (χ0n) is 13.7. The third-order valence-electron chi connectivity index (χ3n) is 4.07. The lowest BCUT2D eigenvalue weighted by Gasteiger charge is -2.01. The molecule has 0 amide bonds. The Balaban J connectivity index is 1.52. The SMILES string of the molecule is Clc1ccc(-c2cnc(/C=C/c3ccc(-c4ccc[nH]4)cc3)[nH]2)c(Cl)c1. The monoisotopic (exact) mass is 379 g/mol. The molecule has 2 heterocycles. The van der Waals surface area contributed by atoms with Crippen molar-refractivity contribution in [3.8, 4) is 22.5 Å². The Bertz CT molecular complexity index is 1050. The topological polar surface area (TPSA) is 44.5 Å². The highest BCUT2D eigenvalue weighted by Gasteiger charge is 2.06. The van der Waals surface area contributed by atoms with E-state index < -0.39 is 0 Å². The number of rotatable bonds is 4. The molecule has 0 radical (unpaired) electrons. The number of nitrogens with zero attached hydrogens (tertiary/aromatic N) is 1. The average Bonchev–Trinajstić information content (AvgIpc) is 3.33. The molecular weight excluding hydrogens is 365 g/mol. The number of hydrogen-bond donors (Lipinski definition) is 2. The molecule has 0 aliphatic carbocycles. The number of aromatic amines is 2. The largest absolute Gasteiger partial charge is 0.361 e. The van der Waals surface area contributed by atoms with E-state index in [1.807, 2.05) is 36.5 Å². The Morgan fingerprint density at radius 2 is 1.73 bits per heavy atom. The summed E-state index contributed by atoms with van der Waals surface area (Å²) in [7, 11) is 0. The predicted molar refractivity (Wildman–Crippen MR) is 109 cm³/mol. The van der Waals surface area contributed by atoms with Crippen LogP contribution in [0.4, 0.5) is 0 Å². The summed E-state index contributed by atoms with van der Waals surface area (Å²) in [5.41, 5.74) is 5.09. The Hall–Kier alpha value is -2.75. The first kappa shape index (κ1) is 16.7. The van der Waals surface area contributed by atoms with Crippen LogP contribution in [0.15, 0.2) is 67.0 Å². The Morgan fingerprint density at radius 3 is 2.46 bits per heavy atom. The summed E-state index contributed by atoms with van der Waals surface area (Å²) in [6, 6.07) is 17.8. The molecule has 26 heavy (non-hydrogen) atoms. The van der Waals surface area contributed by atoms with Crippen molar-refractivity contribution >= 4 is 35.4 Å². The third-order valence-corrected chi connectivity index (χ3v) is 4.62. The first-order valence-corrected chi connectivity index (χ1v) is 8.87. The van der Waals surface area contributed by atoms with E-state index in [2.05, 4.69) is 45.3 Å². The number of benzene rings is 2. The van der Waals surface area contributed by atoms with Gasteiger partial charge in [0.1, 0.15) is 5.82 Å². The fourth-order valence-corrected chi connectivity index (χ4v) is 3.24. The van der Waals surface area contributed by atoms with Crippen LogP contribution in [0.25, 0.3) is 34.7 Å². The minimum atomic E-state index is 0.594. The Morgan fingerprint density at radius 1 is 0.885 bits per heavy atom. The number of H-pyrrole nitrogens is 2. The molecule has 0 spiro atoms. The predicted octanol–water partition coefficient (Wildman–Crippen LogP) is 6.55. The standard InChI is InChI=1S/C21H15Cl2N3/c22-16-8-9-17(18(23)12-16)20-13-25-21(26-20)10-5-14-3-6-15(7-4-14)19-2-1-11-24-19/h1-13,24H,(H,25,26)/b10-5+. The van der Waals surface area contributed by atoms with Gasteiger partial charge in [-0.2, -0.15) is 0 Å². The molecule has 0 aliphatic rings. The molecule has 0 bridgehead atoms. The molecule has 3 nitrogen and oxygen atoms in total. The zero-order valence-corrected chi connectivity index (χ0v) is 15.2. The van der Waals surface area contributed by atoms with Gasteiger partial charge in [-0.3, -0.25) is 0 Å². The van der Waals surface area contributed by atoms with E-state index in [1.165, 1.54) is 0 Å². The molecule has 4 rings (SSSR count). The molecule has 4 aromatic rings. The third kappa shape index (κ3) is 3.59. The van der Waals surface area contributed by atoms with Crippen LogP contribution in [0.5, 0.6) is 0 Å². The minimum absolute atomic E-state index is 0.594. The second-order valence-corrected chi connectivity index (χ2v) is 6.69. The maximum Gasteiger partial charge on any atom is 0.130 e. The van der Waals surface area contributed by atoms with Crippen molar-refractivity contribution in [1.82, 2.24) is 15.0 Å². The Labute approximate surface area is 161 Å². The van der Waals surface area contributed by atoms with Crippen LogP contribution in [0, 0.1) is 0 Å². The minimum Gasteiger partial charge on any atom is -0.361 e. The lowest BCUT2D eigenvalue weighted by atomic mass is 10.1. The number of imidazole rings is 1. The fourth-order valence-electron chi connectivity index (χ4n) is 2.72. The second-order valence-electron chi connectivity index (χ2n) is 5.85. The fraction of sp³-hybridized carbons (Fsp3) is 0. The lowest BCUT2D eigenvalue weighted by Crippen LogP contribution is -1.81. The molecule has 0 fully saturated rings. The molecule has 0 aliphatic heterocycles. The highest BCUT2D eigenvalue weighted by molar-refractivity contribution is 6.36. The van der Waals surface area contributed by atoms with E-state index in [1.54, 1.807) is 12.3 Å². The smallest absolute Gasteiger partial charge is 0.130 e. The molecule has 0 atom stereocenters. The van der Waals surface area contributed by atoms with E-state index in [4.69, 9.17) is 23.2 Å². The van der Waals surface area contributed by atoms with E-state index in [9.17, 15) is 0 Å². The van der Waals surface area contributed by atoms with Gasteiger partial charge in [0.15, 0.2) is 0 Å². The molecule has 0 saturated carbocycles. The van der Waals surface area contributed by atoms with Gasteiger partial charge in [0.2, 0.25) is 0 Å². The van der Waals surface area contributed by atoms with Crippen molar-refractivity contribution in [2.75, 3.05) is 0 Å². The van der Waals surface area contributed by atoms with Gasteiger partial charge in [0.05, 0.1) is 16.9 Å². The summed E-state index contributed by atoms with van der Waals surface area (Å²) in [6.07, 6.45) is 7.65. The van der Waals surface area contributed by atoms with E-state index in [0.717, 1.165) is 33.9 Å². The maximum atomic E-state index is 6.25. The summed E-state index contributed by atoms with van der Waals surface area (Å²) < 4.78 is 0. The zero-order chi connectivity index (χ0) is 17.9. The van der Waals surface area contributed by atoms with Crippen LogP contribution in [0.2, 0.25) is 10.0 Å². The van der Waals surface area contributed by atoms with E-state index >= 15 is 0 Å². The van der Waals surface area contributed by atoms with Gasteiger partial charge in [0, 0.05) is 22.5 Å². The van der Waals surface area contributed by atoms with Gasteiger partial charge in [-0.15, -0.1) is 0 Å². The van der Waals surface area contributed by atoms with Gasteiger partial charge in [-0.25, -0.2) is 4.98 Å². The van der Waals surface area contributed by atoms with E-state index in [-0.39, 0.29) is 0 Å². The summed E-state index contributed by atoms with van der Waals surface area (Å²) in [5.74, 6) is 0.763. The lowest BCUT2D eigenvalue weighted by molar-refractivity contribution is 1.27. The highest BCUT2D eigenvalue weighted by atomic mass is 35.5. The molecule has 0 saturated heterocycles. The number of hydrogen-bond acceptors (Lipinski definition) is 1. The number of halogens is 2. The quantitative estimate of drug-likeness (QED) is 0.414. The Kier molecular flexibility index (Phi) is 4.65. The molecular formula is C21H15Cl2N3. The van der Waals surface area contributed by atoms with Crippen LogP contribution >= 0.6 is 23.2 Å². The van der Waals surface area contributed by atoms with E-state index in [0.29, 0.717) is 10.0 Å². The van der Waals surface area contributed by atoms with Crippen LogP contribution in [0.3, 0.4) is 0 Å². The van der Waals surface area contributed by atoms with Crippen molar-refractivity contribution in [2.45, 2.75) is 0 Å². The van der Waals surface area contributed by atoms with Gasteiger partial charge in [0.25, 0.3) is 0 Å². The van der Waals surface area contributed by atoms with Crippen molar-refractivity contribution in [3.05, 3.63) is 88.4 Å². The van der Waals surface area contributed by atoms with Crippen molar-refractivity contribution in [2.24, 2.45) is 0 Å². The number of aromatic nitrogens is 3. The maximum absolute atomic E-state index is 6.25. The van der Waals surface area contributed by atoms with Crippen LogP contribution in [0.1, 0.15) is 11.4 Å². The first-order chi connectivity index (χ1) is 12.7. The molecule has 0 unspecified atom stereocenters. The molecule has 2 aromatic carbocycles. The summed E-state index contributed by atoms with van der Waals surface area (Å²) in [4.78, 5) is 10.9. The summed E-state index contributed by atoms with van der Waals surface area (Å²) in [5, 5.41) is 1.21. The molecule has 5 heteroatoms. The van der Waals surface area contributed by atoms with Crippen LogP contribution < -0.4 is 0 Å². The highest BCUT2D eigenvalue weighted by Crippen LogP contribution is 2.29. The normalized spacial score (nSPS) is 11.3. The van der Waals surface area contributed by atoms with Crippen molar-refractivity contribution < 1.29 is 0 Å². The second kappa shape index (κ2) is 7.24. The molecule has 128 valence electrons. The van der Waals surface area contributed by atoms with Gasteiger partial charge >= 0.3 is 0 Å². The average molecular weight is 380 g/mol. The summed E-state index contributed by atoms with van der Waals surface area (Å²) in [6.45, 7) is 0. The van der Waals surface area contributed by atoms with Gasteiger partial charge in [-0.1, -0.05) is 53.5 Å². The van der Waals surface area contributed by atoms with Crippen molar-refractivity contribution in [1.29, 1.82) is 0 Å². The summed E-state index contributed by atoms with van der Waals surface area (Å²) >= 11 is 12.2. The molecule has 2 N–H and O–H groups in total. The van der Waals surface area contributed by atoms with Gasteiger partial charge in [-0.05, 0) is 47.5 Å². The first-order valence-electron chi connectivity index (χ1n) is 8.11. The van der Waals surface area contributed by atoms with Gasteiger partial charge < -0.3 is 9.97 Å².